The van der Waals surface area contributed by atoms with E-state index >= 15 is 0 Å². The first-order valence-electron chi connectivity index (χ1n) is 5.15. The molecule has 2 heterocycles. The molecule has 2 aromatic heterocycles. The van der Waals surface area contributed by atoms with Crippen molar-refractivity contribution in [1.82, 2.24) is 9.55 Å². The second-order valence-electron chi connectivity index (χ2n) is 3.37. The van der Waals surface area contributed by atoms with Gasteiger partial charge in [-0.25, -0.2) is 9.78 Å². The maximum Gasteiger partial charge on any atom is 0.346 e. The lowest BCUT2D eigenvalue weighted by molar-refractivity contribution is 0.0702. The molecule has 0 unspecified atom stereocenters. The van der Waals surface area contributed by atoms with E-state index in [1.54, 1.807) is 11.6 Å². The predicted octanol–water partition coefficient (Wildman–Crippen LogP) is 2.24. The van der Waals surface area contributed by atoms with Crippen LogP contribution in [-0.2, 0) is 13.2 Å². The number of hydrogen-bond donors (Lipinski definition) is 1. The molecule has 5 nitrogen and oxygen atoms in total. The van der Waals surface area contributed by atoms with Crippen LogP contribution >= 0.6 is 11.3 Å². The van der Waals surface area contributed by atoms with Gasteiger partial charge < -0.3 is 14.4 Å². The van der Waals surface area contributed by atoms with E-state index in [2.05, 4.69) is 4.98 Å². The molecular weight excluding hydrogens is 240 g/mol. The van der Waals surface area contributed by atoms with Crippen LogP contribution in [0.2, 0.25) is 0 Å². The van der Waals surface area contributed by atoms with Gasteiger partial charge in [-0.2, -0.15) is 0 Å². The minimum absolute atomic E-state index is 0.277. The summed E-state index contributed by atoms with van der Waals surface area (Å²) in [6.07, 6.45) is 3.60. The molecule has 0 fully saturated rings. The molecular formula is C11H12N2O3S. The fraction of sp³-hybridized carbons (Fsp3) is 0.273. The number of carboxylic acid groups (broad SMARTS) is 1. The number of carbonyl (C=O) groups is 1. The van der Waals surface area contributed by atoms with E-state index in [1.807, 2.05) is 17.7 Å². The van der Waals surface area contributed by atoms with Crippen molar-refractivity contribution in [3.63, 3.8) is 0 Å². The SMILES string of the molecule is CCn1ccnc1COc1csc(C(=O)O)c1. The molecule has 0 aliphatic heterocycles. The average molecular weight is 252 g/mol. The lowest BCUT2D eigenvalue weighted by atomic mass is 10.4. The second kappa shape index (κ2) is 5.01. The summed E-state index contributed by atoms with van der Waals surface area (Å²) >= 11 is 1.15. The number of aromatic carboxylic acids is 1. The fourth-order valence-corrected chi connectivity index (χ4v) is 2.09. The smallest absolute Gasteiger partial charge is 0.346 e. The standard InChI is InChI=1S/C11H12N2O3S/c1-2-13-4-3-12-10(13)6-16-8-5-9(11(14)15)17-7-8/h3-5,7H,2,6H2,1H3,(H,14,15). The lowest BCUT2D eigenvalue weighted by Gasteiger charge is -2.05. The zero-order valence-corrected chi connectivity index (χ0v) is 10.1. The van der Waals surface area contributed by atoms with Crippen LogP contribution in [0.5, 0.6) is 5.75 Å². The second-order valence-corrected chi connectivity index (χ2v) is 4.28. The maximum atomic E-state index is 10.7. The third-order valence-electron chi connectivity index (χ3n) is 2.30. The molecule has 0 aliphatic carbocycles. The van der Waals surface area contributed by atoms with Gasteiger partial charge in [0.2, 0.25) is 0 Å². The molecule has 2 aromatic rings. The van der Waals surface area contributed by atoms with Crippen molar-refractivity contribution < 1.29 is 14.6 Å². The number of aryl methyl sites for hydroxylation is 1. The summed E-state index contributed by atoms with van der Waals surface area (Å²) in [5, 5.41) is 10.5. The molecule has 0 bridgehead atoms. The van der Waals surface area contributed by atoms with Crippen LogP contribution in [0.1, 0.15) is 22.4 Å². The summed E-state index contributed by atoms with van der Waals surface area (Å²) in [6.45, 7) is 3.21. The Balaban J connectivity index is 2.00. The van der Waals surface area contributed by atoms with Crippen LogP contribution in [-0.4, -0.2) is 20.6 Å². The molecule has 0 saturated heterocycles. The van der Waals surface area contributed by atoms with Crippen molar-refractivity contribution in [1.29, 1.82) is 0 Å². The number of rotatable bonds is 5. The minimum atomic E-state index is -0.931. The number of thiophene rings is 1. The van der Waals surface area contributed by atoms with E-state index in [-0.39, 0.29) is 4.88 Å². The third-order valence-corrected chi connectivity index (χ3v) is 3.19. The highest BCUT2D eigenvalue weighted by Crippen LogP contribution is 2.22. The van der Waals surface area contributed by atoms with Crippen molar-refractivity contribution in [2.24, 2.45) is 0 Å². The Morgan fingerprint density at radius 2 is 2.47 bits per heavy atom. The van der Waals surface area contributed by atoms with E-state index in [4.69, 9.17) is 9.84 Å². The fourth-order valence-electron chi connectivity index (χ4n) is 1.42. The molecule has 1 N–H and O–H groups in total. The summed E-state index contributed by atoms with van der Waals surface area (Å²) in [5.41, 5.74) is 0. The van der Waals surface area contributed by atoms with E-state index in [0.29, 0.717) is 12.4 Å². The van der Waals surface area contributed by atoms with Gasteiger partial charge in [-0.15, -0.1) is 11.3 Å². The van der Waals surface area contributed by atoms with E-state index in [1.165, 1.54) is 6.07 Å². The highest BCUT2D eigenvalue weighted by Gasteiger charge is 2.08. The first kappa shape index (κ1) is 11.7. The first-order valence-corrected chi connectivity index (χ1v) is 6.03. The Morgan fingerprint density at radius 1 is 1.65 bits per heavy atom. The number of imidazole rings is 1. The average Bonchev–Trinajstić information content (AvgIpc) is 2.95. The van der Waals surface area contributed by atoms with Gasteiger partial charge in [-0.1, -0.05) is 0 Å². The van der Waals surface area contributed by atoms with Crippen LogP contribution < -0.4 is 4.74 Å². The van der Waals surface area contributed by atoms with Gasteiger partial charge in [0.05, 0.1) is 0 Å². The summed E-state index contributed by atoms with van der Waals surface area (Å²) < 4.78 is 7.46. The van der Waals surface area contributed by atoms with Crippen molar-refractivity contribution in [3.8, 4) is 5.75 Å². The van der Waals surface area contributed by atoms with Crippen molar-refractivity contribution in [2.45, 2.75) is 20.1 Å². The molecule has 0 aliphatic rings. The van der Waals surface area contributed by atoms with E-state index in [9.17, 15) is 4.79 Å². The quantitative estimate of drug-likeness (QED) is 0.886. The maximum absolute atomic E-state index is 10.7. The third kappa shape index (κ3) is 2.65. The molecule has 0 amide bonds. The van der Waals surface area contributed by atoms with Gasteiger partial charge in [-0.05, 0) is 6.92 Å². The van der Waals surface area contributed by atoms with Gasteiger partial charge in [-0.3, -0.25) is 0 Å². The van der Waals surface area contributed by atoms with Gasteiger partial charge in [0, 0.05) is 30.4 Å². The molecule has 0 radical (unpaired) electrons. The summed E-state index contributed by atoms with van der Waals surface area (Å²) in [4.78, 5) is 15.1. The molecule has 17 heavy (non-hydrogen) atoms. The molecule has 0 saturated carbocycles. The topological polar surface area (TPSA) is 64.4 Å². The Morgan fingerprint density at radius 3 is 3.12 bits per heavy atom. The molecule has 0 aromatic carbocycles. The van der Waals surface area contributed by atoms with Crippen LogP contribution in [0.15, 0.2) is 23.8 Å². The predicted molar refractivity (Wildman–Crippen MR) is 63.5 cm³/mol. The monoisotopic (exact) mass is 252 g/mol. The van der Waals surface area contributed by atoms with Crippen LogP contribution in [0, 0.1) is 0 Å². The molecule has 90 valence electrons. The zero-order chi connectivity index (χ0) is 12.3. The van der Waals surface area contributed by atoms with Crippen LogP contribution in [0.25, 0.3) is 0 Å². The van der Waals surface area contributed by atoms with Gasteiger partial charge >= 0.3 is 5.97 Å². The Labute approximate surface area is 102 Å². The number of carboxylic acids is 1. The highest BCUT2D eigenvalue weighted by molar-refractivity contribution is 7.12. The summed E-state index contributed by atoms with van der Waals surface area (Å²) in [7, 11) is 0. The van der Waals surface area contributed by atoms with Gasteiger partial charge in [0.1, 0.15) is 23.1 Å². The zero-order valence-electron chi connectivity index (χ0n) is 9.29. The minimum Gasteiger partial charge on any atom is -0.485 e. The molecule has 0 atom stereocenters. The van der Waals surface area contributed by atoms with Gasteiger partial charge in [0.25, 0.3) is 0 Å². The highest BCUT2D eigenvalue weighted by atomic mass is 32.1. The number of aromatic nitrogens is 2. The van der Waals surface area contributed by atoms with Gasteiger partial charge in [0.15, 0.2) is 0 Å². The number of ether oxygens (including phenoxy) is 1. The molecule has 0 spiro atoms. The van der Waals surface area contributed by atoms with Crippen LogP contribution in [0.4, 0.5) is 0 Å². The van der Waals surface area contributed by atoms with Crippen LogP contribution in [0.3, 0.4) is 0 Å². The summed E-state index contributed by atoms with van der Waals surface area (Å²) in [6, 6.07) is 1.52. The Bertz CT molecular complexity index is 518. The van der Waals surface area contributed by atoms with Crippen molar-refractivity contribution >= 4 is 17.3 Å². The molecule has 6 heteroatoms. The normalized spacial score (nSPS) is 10.4. The largest absolute Gasteiger partial charge is 0.485 e. The van der Waals surface area contributed by atoms with E-state index < -0.39 is 5.97 Å². The lowest BCUT2D eigenvalue weighted by Crippen LogP contribution is -2.05. The Kier molecular flexibility index (Phi) is 3.43. The van der Waals surface area contributed by atoms with Crippen molar-refractivity contribution in [2.75, 3.05) is 0 Å². The first-order chi connectivity index (χ1) is 8.20. The summed E-state index contributed by atoms with van der Waals surface area (Å²) in [5.74, 6) is 0.466. The number of hydrogen-bond acceptors (Lipinski definition) is 4. The van der Waals surface area contributed by atoms with Crippen molar-refractivity contribution in [3.05, 3.63) is 34.5 Å². The molecule has 2 rings (SSSR count). The Hall–Kier alpha value is -1.82. The van der Waals surface area contributed by atoms with E-state index in [0.717, 1.165) is 23.7 Å². The number of nitrogens with zero attached hydrogens (tertiary/aromatic N) is 2.